The van der Waals surface area contributed by atoms with Crippen LogP contribution < -0.4 is 0 Å². The molecule has 2 heterocycles. The van der Waals surface area contributed by atoms with E-state index < -0.39 is 17.2 Å². The molecule has 42 heavy (non-hydrogen) atoms. The maximum Gasteiger partial charge on any atom is 0.306 e. The molecule has 0 amide bonds. The third-order valence-electron chi connectivity index (χ3n) is 6.96. The first-order valence-corrected chi connectivity index (χ1v) is 14.4. The van der Waals surface area contributed by atoms with Gasteiger partial charge in [-0.1, -0.05) is 80.4 Å². The Bertz CT molecular complexity index is 1460. The zero-order chi connectivity index (χ0) is 29.9. The van der Waals surface area contributed by atoms with Crippen molar-refractivity contribution in [2.45, 2.75) is 78.0 Å². The highest BCUT2D eigenvalue weighted by molar-refractivity contribution is 6.30. The monoisotopic (exact) mass is 595 g/mol. The molecule has 13 heteroatoms. The first kappa shape index (κ1) is 30.6. The van der Waals surface area contributed by atoms with Crippen LogP contribution in [0.2, 0.25) is 5.15 Å². The van der Waals surface area contributed by atoms with Crippen LogP contribution in [0.3, 0.4) is 0 Å². The number of rotatable bonds is 16. The number of tetrazole rings is 1. The number of imidazole rings is 1. The fourth-order valence-corrected chi connectivity index (χ4v) is 4.94. The van der Waals surface area contributed by atoms with E-state index in [-0.39, 0.29) is 13.0 Å². The first-order valence-electron chi connectivity index (χ1n) is 14.0. The topological polar surface area (TPSA) is 151 Å². The molecule has 0 aliphatic carbocycles. The number of nitrogens with zero attached hydrogens (tertiary/aromatic N) is 6. The Labute approximate surface area is 248 Å². The molecule has 2 aromatic heterocycles. The van der Waals surface area contributed by atoms with Crippen LogP contribution in [0.5, 0.6) is 0 Å². The van der Waals surface area contributed by atoms with Gasteiger partial charge in [-0.25, -0.2) is 10.1 Å². The lowest BCUT2D eigenvalue weighted by Gasteiger charge is -2.14. The molecule has 4 rings (SSSR count). The number of hydrogen-bond donors (Lipinski definition) is 1. The zero-order valence-electron chi connectivity index (χ0n) is 23.7. The Kier molecular flexibility index (Phi) is 11.0. The van der Waals surface area contributed by atoms with Gasteiger partial charge in [-0.2, -0.15) is 0 Å². The molecule has 0 saturated carbocycles. The lowest BCUT2D eigenvalue weighted by molar-refractivity contribution is -0.768. The van der Waals surface area contributed by atoms with Crippen molar-refractivity contribution in [2.75, 3.05) is 0 Å². The van der Waals surface area contributed by atoms with Gasteiger partial charge in [0.1, 0.15) is 18.5 Å². The van der Waals surface area contributed by atoms with E-state index in [1.165, 1.54) is 0 Å². The molecule has 4 aromatic rings. The van der Waals surface area contributed by atoms with E-state index in [2.05, 4.69) is 49.5 Å². The molecular formula is C29H34ClN7O5. The summed E-state index contributed by atoms with van der Waals surface area (Å²) in [7, 11) is 0. The van der Waals surface area contributed by atoms with E-state index in [4.69, 9.17) is 16.3 Å². The van der Waals surface area contributed by atoms with Gasteiger partial charge in [-0.3, -0.25) is 4.79 Å². The number of H-pyrrole nitrogens is 1. The number of carbonyl (C=O) groups excluding carboxylic acids is 1. The number of ether oxygens (including phenoxy) is 1. The smallest absolute Gasteiger partial charge is 0.306 e. The number of benzene rings is 2. The fourth-order valence-electron chi connectivity index (χ4n) is 4.69. The van der Waals surface area contributed by atoms with Gasteiger partial charge in [-0.15, -0.1) is 15.2 Å². The molecule has 0 aliphatic rings. The molecule has 0 fully saturated rings. The molecule has 1 unspecified atom stereocenters. The third kappa shape index (κ3) is 8.12. The number of esters is 1. The molecule has 0 radical (unpaired) electrons. The number of hydrogen-bond acceptors (Lipinski definition) is 9. The Morgan fingerprint density at radius 3 is 2.55 bits per heavy atom. The molecule has 1 N–H and O–H groups in total. The second kappa shape index (κ2) is 15.1. The number of carbonyl (C=O) groups is 1. The van der Waals surface area contributed by atoms with Crippen LogP contribution in [0.15, 0.2) is 48.5 Å². The minimum Gasteiger partial charge on any atom is -0.459 e. The van der Waals surface area contributed by atoms with Gasteiger partial charge in [0, 0.05) is 24.9 Å². The maximum absolute atomic E-state index is 12.5. The summed E-state index contributed by atoms with van der Waals surface area (Å²) in [5, 5.41) is 24.4. The van der Waals surface area contributed by atoms with Crippen molar-refractivity contribution in [3.8, 4) is 22.5 Å². The molecule has 222 valence electrons. The Morgan fingerprint density at radius 2 is 1.88 bits per heavy atom. The minimum absolute atomic E-state index is 0.0178. The van der Waals surface area contributed by atoms with Gasteiger partial charge in [0.25, 0.3) is 5.09 Å². The van der Waals surface area contributed by atoms with Crippen LogP contribution in [0.4, 0.5) is 0 Å². The highest BCUT2D eigenvalue weighted by Crippen LogP contribution is 2.30. The minimum atomic E-state index is -0.797. The van der Waals surface area contributed by atoms with Crippen LogP contribution in [0.25, 0.3) is 22.5 Å². The van der Waals surface area contributed by atoms with Crippen LogP contribution in [0, 0.1) is 10.1 Å². The second-order valence-electron chi connectivity index (χ2n) is 9.86. The van der Waals surface area contributed by atoms with Gasteiger partial charge in [0.05, 0.1) is 5.69 Å². The SMILES string of the molecule is CCCCc1nc(Cl)c(COC(=O)CCCC(CC)O[N+](=O)[O-])n1Cc1ccc(-c2ccccc2-c2nnn[nH]2)cc1. The third-order valence-corrected chi connectivity index (χ3v) is 7.26. The van der Waals surface area contributed by atoms with Gasteiger partial charge in [-0.05, 0) is 52.8 Å². The summed E-state index contributed by atoms with van der Waals surface area (Å²) in [6, 6.07) is 16.1. The Morgan fingerprint density at radius 1 is 1.12 bits per heavy atom. The zero-order valence-corrected chi connectivity index (χ0v) is 24.4. The van der Waals surface area contributed by atoms with Crippen LogP contribution in [0.1, 0.15) is 69.5 Å². The van der Waals surface area contributed by atoms with Crippen molar-refractivity contribution in [1.29, 1.82) is 0 Å². The van der Waals surface area contributed by atoms with Crippen molar-refractivity contribution < 1.29 is 19.5 Å². The number of aromatic nitrogens is 6. The average molecular weight is 596 g/mol. The van der Waals surface area contributed by atoms with Gasteiger partial charge in [0.15, 0.2) is 11.0 Å². The van der Waals surface area contributed by atoms with Crippen molar-refractivity contribution in [3.63, 3.8) is 0 Å². The van der Waals surface area contributed by atoms with E-state index in [0.717, 1.165) is 47.3 Å². The largest absolute Gasteiger partial charge is 0.459 e. The van der Waals surface area contributed by atoms with Crippen molar-refractivity contribution in [1.82, 2.24) is 30.2 Å². The van der Waals surface area contributed by atoms with Crippen molar-refractivity contribution in [3.05, 3.63) is 80.9 Å². The van der Waals surface area contributed by atoms with E-state index in [0.29, 0.717) is 42.5 Å². The summed E-state index contributed by atoms with van der Waals surface area (Å²) in [5.41, 5.74) is 4.58. The molecule has 0 aliphatic heterocycles. The first-order chi connectivity index (χ1) is 20.4. The van der Waals surface area contributed by atoms with Crippen LogP contribution in [-0.2, 0) is 33.9 Å². The predicted octanol–water partition coefficient (Wildman–Crippen LogP) is 5.97. The number of aryl methyl sites for hydroxylation is 1. The average Bonchev–Trinajstić information content (AvgIpc) is 3.63. The molecule has 0 spiro atoms. The summed E-state index contributed by atoms with van der Waals surface area (Å²) in [6.45, 7) is 4.41. The normalized spacial score (nSPS) is 11.8. The van der Waals surface area contributed by atoms with Gasteiger partial charge < -0.3 is 14.1 Å². The summed E-state index contributed by atoms with van der Waals surface area (Å²) < 4.78 is 7.57. The predicted molar refractivity (Wildman–Crippen MR) is 156 cm³/mol. The number of halogens is 1. The highest BCUT2D eigenvalue weighted by Gasteiger charge is 2.19. The number of nitrogens with one attached hydrogen (secondary N) is 1. The summed E-state index contributed by atoms with van der Waals surface area (Å²) in [4.78, 5) is 32.3. The molecule has 0 saturated heterocycles. The summed E-state index contributed by atoms with van der Waals surface area (Å²) in [6.07, 6.45) is 3.58. The van der Waals surface area contributed by atoms with Crippen LogP contribution in [-0.4, -0.2) is 47.3 Å². The molecule has 2 aromatic carbocycles. The fraction of sp³-hybridized carbons (Fsp3) is 0.414. The van der Waals surface area contributed by atoms with Crippen molar-refractivity contribution in [2.24, 2.45) is 0 Å². The number of aromatic amines is 1. The highest BCUT2D eigenvalue weighted by atomic mass is 35.5. The maximum atomic E-state index is 12.5. The molecule has 1 atom stereocenters. The lowest BCUT2D eigenvalue weighted by atomic mass is 9.98. The molecule has 0 bridgehead atoms. The van der Waals surface area contributed by atoms with E-state index in [1.807, 2.05) is 41.0 Å². The Hall–Kier alpha value is -4.32. The van der Waals surface area contributed by atoms with Gasteiger partial charge >= 0.3 is 5.97 Å². The van der Waals surface area contributed by atoms with Gasteiger partial charge in [0.2, 0.25) is 0 Å². The standard InChI is InChI=1S/C29H34ClN7O5/c1-3-5-12-26-31-28(30)25(19-41-27(38)13-8-9-22(4-2)42-37(39)40)36(26)18-20-14-16-21(17-15-20)23-10-6-7-11-24(23)29-32-34-35-33-29/h6-7,10-11,14-17,22H,3-5,8-9,12-13,18-19H2,1-2H3,(H,32,33,34,35). The van der Waals surface area contributed by atoms with Crippen LogP contribution >= 0.6 is 11.6 Å². The van der Waals surface area contributed by atoms with Crippen molar-refractivity contribution >= 4 is 17.6 Å². The Balaban J connectivity index is 1.46. The van der Waals surface area contributed by atoms with E-state index in [9.17, 15) is 14.9 Å². The second-order valence-corrected chi connectivity index (χ2v) is 10.2. The molecule has 12 nitrogen and oxygen atoms in total. The van der Waals surface area contributed by atoms with E-state index in [1.54, 1.807) is 6.92 Å². The summed E-state index contributed by atoms with van der Waals surface area (Å²) in [5.74, 6) is 1.02. The molecular weight excluding hydrogens is 562 g/mol. The lowest BCUT2D eigenvalue weighted by Crippen LogP contribution is -2.17. The number of unbranched alkanes of at least 4 members (excludes halogenated alkanes) is 1. The quantitative estimate of drug-likeness (QED) is 0.0937. The van der Waals surface area contributed by atoms with E-state index >= 15 is 0 Å². The summed E-state index contributed by atoms with van der Waals surface area (Å²) >= 11 is 6.54.